The van der Waals surface area contributed by atoms with Crippen LogP contribution in [0.15, 0.2) is 64.6 Å². The maximum atomic E-state index is 11.8. The number of thiophene rings is 1. The van der Waals surface area contributed by atoms with Gasteiger partial charge in [-0.05, 0) is 29.1 Å². The molecular formula is C17H15NO3S. The fourth-order valence-electron chi connectivity index (χ4n) is 2.11. The maximum Gasteiger partial charge on any atom is 0.261 e. The molecule has 1 amide bonds. The van der Waals surface area contributed by atoms with E-state index >= 15 is 0 Å². The molecule has 0 bridgehead atoms. The predicted molar refractivity (Wildman–Crippen MR) is 85.8 cm³/mol. The monoisotopic (exact) mass is 313 g/mol. The first-order valence-electron chi connectivity index (χ1n) is 6.87. The summed E-state index contributed by atoms with van der Waals surface area (Å²) in [5.74, 6) is 0.619. The first-order chi connectivity index (χ1) is 10.7. The van der Waals surface area contributed by atoms with Gasteiger partial charge in [0.25, 0.3) is 5.91 Å². The molecule has 2 aromatic heterocycles. The molecule has 5 heteroatoms. The molecule has 0 radical (unpaired) electrons. The van der Waals surface area contributed by atoms with Crippen LogP contribution in [0.25, 0.3) is 11.3 Å². The molecule has 0 saturated carbocycles. The van der Waals surface area contributed by atoms with E-state index in [0.29, 0.717) is 4.88 Å². The smallest absolute Gasteiger partial charge is 0.261 e. The van der Waals surface area contributed by atoms with Crippen molar-refractivity contribution in [3.63, 3.8) is 0 Å². The Morgan fingerprint density at radius 2 is 2.00 bits per heavy atom. The van der Waals surface area contributed by atoms with Crippen molar-refractivity contribution in [2.24, 2.45) is 0 Å². The zero-order valence-electron chi connectivity index (χ0n) is 11.7. The highest BCUT2D eigenvalue weighted by atomic mass is 32.1. The number of carbonyl (C=O) groups is 1. The highest BCUT2D eigenvalue weighted by molar-refractivity contribution is 7.12. The lowest BCUT2D eigenvalue weighted by atomic mass is 10.1. The second kappa shape index (κ2) is 6.60. The Balaban J connectivity index is 1.60. The molecule has 0 aliphatic carbocycles. The molecule has 3 rings (SSSR count). The van der Waals surface area contributed by atoms with Gasteiger partial charge in [0.15, 0.2) is 0 Å². The molecule has 0 unspecified atom stereocenters. The summed E-state index contributed by atoms with van der Waals surface area (Å²) < 4.78 is 5.32. The third-order valence-corrected chi connectivity index (χ3v) is 4.17. The second-order valence-electron chi connectivity index (χ2n) is 4.80. The van der Waals surface area contributed by atoms with Crippen LogP contribution in [0.2, 0.25) is 0 Å². The van der Waals surface area contributed by atoms with Crippen LogP contribution in [0.4, 0.5) is 0 Å². The first-order valence-corrected chi connectivity index (χ1v) is 7.75. The molecule has 112 valence electrons. The van der Waals surface area contributed by atoms with Gasteiger partial charge in [0.2, 0.25) is 0 Å². The van der Waals surface area contributed by atoms with Crippen LogP contribution < -0.4 is 5.32 Å². The predicted octanol–water partition coefficient (Wildman–Crippen LogP) is 3.47. The summed E-state index contributed by atoms with van der Waals surface area (Å²) in [5.41, 5.74) is 1.70. The number of furan rings is 1. The lowest BCUT2D eigenvalue weighted by molar-refractivity contribution is 0.0920. The standard InChI is InChI=1S/C17H15NO3S/c19-14(11-18-17(20)16-4-2-10-22-16)12-5-7-13(8-6-12)15-3-1-9-21-15/h1-10,14,19H,11H2,(H,18,20)/t14-/m1/s1. The summed E-state index contributed by atoms with van der Waals surface area (Å²) in [6, 6.07) is 14.7. The van der Waals surface area contributed by atoms with Gasteiger partial charge < -0.3 is 14.8 Å². The molecule has 1 aromatic carbocycles. The van der Waals surface area contributed by atoms with Crippen molar-refractivity contribution in [2.45, 2.75) is 6.10 Å². The highest BCUT2D eigenvalue weighted by Crippen LogP contribution is 2.22. The Bertz CT molecular complexity index is 718. The van der Waals surface area contributed by atoms with Gasteiger partial charge in [0.1, 0.15) is 5.76 Å². The zero-order valence-corrected chi connectivity index (χ0v) is 12.5. The van der Waals surface area contributed by atoms with Crippen molar-refractivity contribution < 1.29 is 14.3 Å². The topological polar surface area (TPSA) is 62.5 Å². The van der Waals surface area contributed by atoms with Gasteiger partial charge >= 0.3 is 0 Å². The van der Waals surface area contributed by atoms with E-state index in [1.807, 2.05) is 47.8 Å². The van der Waals surface area contributed by atoms with Crippen LogP contribution in [0, 0.1) is 0 Å². The van der Waals surface area contributed by atoms with Crippen molar-refractivity contribution in [1.29, 1.82) is 0 Å². The largest absolute Gasteiger partial charge is 0.464 e. The van der Waals surface area contributed by atoms with Crippen LogP contribution in [0.1, 0.15) is 21.3 Å². The van der Waals surface area contributed by atoms with Gasteiger partial charge in [-0.1, -0.05) is 30.3 Å². The summed E-state index contributed by atoms with van der Waals surface area (Å²) in [6.45, 7) is 0.177. The minimum Gasteiger partial charge on any atom is -0.464 e. The minimum absolute atomic E-state index is 0.166. The van der Waals surface area contributed by atoms with Crippen LogP contribution in [0.5, 0.6) is 0 Å². The molecule has 0 saturated heterocycles. The Kier molecular flexibility index (Phi) is 4.37. The molecule has 4 nitrogen and oxygen atoms in total. The molecule has 0 aliphatic rings. The van der Waals surface area contributed by atoms with Crippen molar-refractivity contribution in [3.05, 3.63) is 70.6 Å². The minimum atomic E-state index is -0.741. The molecule has 2 heterocycles. The number of hydrogen-bond donors (Lipinski definition) is 2. The van der Waals surface area contributed by atoms with E-state index in [1.54, 1.807) is 12.3 Å². The van der Waals surface area contributed by atoms with Gasteiger partial charge in [-0.25, -0.2) is 0 Å². The van der Waals surface area contributed by atoms with Crippen molar-refractivity contribution in [1.82, 2.24) is 5.32 Å². The molecule has 1 atom stereocenters. The van der Waals surface area contributed by atoms with Gasteiger partial charge in [0, 0.05) is 12.1 Å². The Morgan fingerprint density at radius 3 is 2.64 bits per heavy atom. The summed E-state index contributed by atoms with van der Waals surface area (Å²) in [6.07, 6.45) is 0.882. The molecule has 0 fully saturated rings. The van der Waals surface area contributed by atoms with Crippen molar-refractivity contribution >= 4 is 17.2 Å². The number of aliphatic hydroxyl groups is 1. The maximum absolute atomic E-state index is 11.8. The summed E-state index contributed by atoms with van der Waals surface area (Å²) in [7, 11) is 0. The Hall–Kier alpha value is -2.37. The number of rotatable bonds is 5. The highest BCUT2D eigenvalue weighted by Gasteiger charge is 2.12. The fourth-order valence-corrected chi connectivity index (χ4v) is 2.75. The number of benzene rings is 1. The van der Waals surface area contributed by atoms with Crippen LogP contribution in [-0.4, -0.2) is 17.6 Å². The van der Waals surface area contributed by atoms with Crippen LogP contribution in [-0.2, 0) is 0 Å². The number of nitrogens with one attached hydrogen (secondary N) is 1. The summed E-state index contributed by atoms with van der Waals surface area (Å²) in [4.78, 5) is 12.5. The lowest BCUT2D eigenvalue weighted by Gasteiger charge is -2.12. The molecule has 22 heavy (non-hydrogen) atoms. The van der Waals surface area contributed by atoms with E-state index < -0.39 is 6.10 Å². The Morgan fingerprint density at radius 1 is 1.18 bits per heavy atom. The van der Waals surface area contributed by atoms with Gasteiger partial charge in [-0.2, -0.15) is 0 Å². The molecule has 0 spiro atoms. The normalized spacial score (nSPS) is 12.0. The number of amides is 1. The van der Waals surface area contributed by atoms with Crippen molar-refractivity contribution in [3.8, 4) is 11.3 Å². The lowest BCUT2D eigenvalue weighted by Crippen LogP contribution is -2.27. The van der Waals surface area contributed by atoms with Gasteiger partial charge in [-0.15, -0.1) is 11.3 Å². The van der Waals surface area contributed by atoms with Crippen LogP contribution in [0.3, 0.4) is 0 Å². The third kappa shape index (κ3) is 3.27. The van der Waals surface area contributed by atoms with E-state index in [2.05, 4.69) is 5.32 Å². The van der Waals surface area contributed by atoms with E-state index in [0.717, 1.165) is 16.9 Å². The first kappa shape index (κ1) is 14.6. The number of hydrogen-bond acceptors (Lipinski definition) is 4. The SMILES string of the molecule is O=C(NC[C@@H](O)c1ccc(-c2ccco2)cc1)c1cccs1. The second-order valence-corrected chi connectivity index (χ2v) is 5.75. The molecule has 3 aromatic rings. The number of aliphatic hydroxyl groups excluding tert-OH is 1. The van der Waals surface area contributed by atoms with E-state index in [4.69, 9.17) is 4.42 Å². The molecular weight excluding hydrogens is 298 g/mol. The molecule has 0 aliphatic heterocycles. The van der Waals surface area contributed by atoms with Gasteiger partial charge in [-0.3, -0.25) is 4.79 Å². The van der Waals surface area contributed by atoms with E-state index in [9.17, 15) is 9.90 Å². The van der Waals surface area contributed by atoms with E-state index in [1.165, 1.54) is 11.3 Å². The molecule has 2 N–H and O–H groups in total. The average Bonchev–Trinajstić information content (AvgIpc) is 3.25. The fraction of sp³-hybridized carbons (Fsp3) is 0.118. The summed E-state index contributed by atoms with van der Waals surface area (Å²) in [5, 5.41) is 14.7. The Labute approximate surface area is 132 Å². The summed E-state index contributed by atoms with van der Waals surface area (Å²) >= 11 is 1.37. The quantitative estimate of drug-likeness (QED) is 0.758. The van der Waals surface area contributed by atoms with Crippen LogP contribution >= 0.6 is 11.3 Å². The van der Waals surface area contributed by atoms with Crippen molar-refractivity contribution in [2.75, 3.05) is 6.54 Å². The third-order valence-electron chi connectivity index (χ3n) is 3.30. The van der Waals surface area contributed by atoms with E-state index in [-0.39, 0.29) is 12.5 Å². The number of carbonyl (C=O) groups excluding carboxylic acids is 1. The van der Waals surface area contributed by atoms with Gasteiger partial charge in [0.05, 0.1) is 17.2 Å². The average molecular weight is 313 g/mol. The zero-order chi connectivity index (χ0) is 15.4.